The van der Waals surface area contributed by atoms with Gasteiger partial charge in [0, 0.05) is 43.0 Å². The van der Waals surface area contributed by atoms with Gasteiger partial charge in [-0.05, 0) is 75.4 Å². The number of aliphatic hydroxyl groups excluding tert-OH is 1. The Morgan fingerprint density at radius 3 is 2.55 bits per heavy atom. The molecule has 0 bridgehead atoms. The number of likely N-dealkylation sites (N-methyl/N-ethyl adjacent to an activating group) is 1. The van der Waals surface area contributed by atoms with Gasteiger partial charge in [0.25, 0.3) is 11.8 Å². The maximum absolute atomic E-state index is 14.6. The van der Waals surface area contributed by atoms with Crippen LogP contribution in [0.3, 0.4) is 0 Å². The normalized spacial score (nSPS) is 16.1. The lowest BCUT2D eigenvalue weighted by atomic mass is 9.99. The Hall–Kier alpha value is -4.64. The minimum atomic E-state index is -1.59. The summed E-state index contributed by atoms with van der Waals surface area (Å²) in [5.41, 5.74) is 1.49. The fourth-order valence-electron chi connectivity index (χ4n) is 5.86. The van der Waals surface area contributed by atoms with Crippen LogP contribution in [0.5, 0.6) is 0 Å². The molecule has 1 fully saturated rings. The van der Waals surface area contributed by atoms with Crippen molar-refractivity contribution >= 4 is 17.5 Å². The van der Waals surface area contributed by atoms with Crippen molar-refractivity contribution in [2.75, 3.05) is 25.0 Å². The van der Waals surface area contributed by atoms with Crippen LogP contribution in [-0.4, -0.2) is 64.1 Å². The van der Waals surface area contributed by atoms with Gasteiger partial charge in [-0.1, -0.05) is 30.3 Å². The van der Waals surface area contributed by atoms with Gasteiger partial charge < -0.3 is 24.6 Å². The molecule has 2 N–H and O–H groups in total. The van der Waals surface area contributed by atoms with Crippen molar-refractivity contribution < 1.29 is 27.9 Å². The maximum Gasteiger partial charge on any atom is 0.254 e. The second kappa shape index (κ2) is 14.4. The van der Waals surface area contributed by atoms with E-state index in [1.165, 1.54) is 38.2 Å². The van der Waals surface area contributed by atoms with E-state index in [-0.39, 0.29) is 35.2 Å². The van der Waals surface area contributed by atoms with Crippen molar-refractivity contribution in [3.05, 3.63) is 113 Å². The lowest BCUT2D eigenvalue weighted by Gasteiger charge is -2.30. The molecule has 0 radical (unpaired) electrons. The molecule has 2 aromatic carbocycles. The molecule has 5 rings (SSSR count). The predicted molar refractivity (Wildman–Crippen MR) is 175 cm³/mol. The molecule has 0 spiro atoms. The zero-order valence-corrected chi connectivity index (χ0v) is 27.1. The van der Waals surface area contributed by atoms with Gasteiger partial charge in [-0.15, -0.1) is 0 Å². The molecule has 3 heterocycles. The number of alkyl halides is 2. The summed E-state index contributed by atoms with van der Waals surface area (Å²) < 4.78 is 34.3. The number of nitrogens with one attached hydrogen (secondary N) is 1. The molecule has 1 aliphatic rings. The van der Waals surface area contributed by atoms with Gasteiger partial charge in [0.15, 0.2) is 0 Å². The summed E-state index contributed by atoms with van der Waals surface area (Å²) in [7, 11) is 1.75. The molecule has 3 atom stereocenters. The molecule has 0 aliphatic carbocycles. The third kappa shape index (κ3) is 8.21. The van der Waals surface area contributed by atoms with E-state index in [4.69, 9.17) is 4.42 Å². The molecule has 9 nitrogen and oxygen atoms in total. The number of oxazole rings is 1. The number of aliphatic hydroxyl groups is 1. The van der Waals surface area contributed by atoms with Crippen LogP contribution in [0.4, 0.5) is 14.5 Å². The summed E-state index contributed by atoms with van der Waals surface area (Å²) in [6.45, 7) is 4.42. The number of pyridine rings is 1. The first-order valence-corrected chi connectivity index (χ1v) is 15.7. The molecular weight excluding hydrogens is 604 g/mol. The summed E-state index contributed by atoms with van der Waals surface area (Å²) in [6, 6.07) is 14.3. The third-order valence-electron chi connectivity index (χ3n) is 8.48. The van der Waals surface area contributed by atoms with Crippen LogP contribution >= 0.6 is 0 Å². The van der Waals surface area contributed by atoms with E-state index in [0.717, 1.165) is 12.0 Å². The van der Waals surface area contributed by atoms with Gasteiger partial charge in [-0.25, -0.2) is 13.8 Å². The second-order valence-electron chi connectivity index (χ2n) is 12.7. The lowest BCUT2D eigenvalue weighted by Crippen LogP contribution is -2.49. The van der Waals surface area contributed by atoms with E-state index in [9.17, 15) is 23.5 Å². The average Bonchev–Trinajstić information content (AvgIpc) is 3.73. The van der Waals surface area contributed by atoms with Gasteiger partial charge in [0.2, 0.25) is 5.89 Å². The number of hydrogen-bond acceptors (Lipinski definition) is 7. The number of benzene rings is 2. The smallest absolute Gasteiger partial charge is 0.254 e. The van der Waals surface area contributed by atoms with Crippen molar-refractivity contribution in [3.8, 4) is 0 Å². The first-order chi connectivity index (χ1) is 22.4. The van der Waals surface area contributed by atoms with Crippen LogP contribution in [0, 0.1) is 6.92 Å². The number of carbonyl (C=O) groups is 2. The molecule has 47 heavy (non-hydrogen) atoms. The predicted octanol–water partition coefficient (Wildman–Crippen LogP) is 5.87. The number of amides is 2. The van der Waals surface area contributed by atoms with E-state index in [0.29, 0.717) is 42.2 Å². The van der Waals surface area contributed by atoms with Gasteiger partial charge in [0.1, 0.15) is 24.6 Å². The minimum absolute atomic E-state index is 0.0977. The maximum atomic E-state index is 14.6. The Bertz CT molecular complexity index is 1690. The highest BCUT2D eigenvalue weighted by Crippen LogP contribution is 2.33. The molecule has 2 amide bonds. The van der Waals surface area contributed by atoms with Crippen LogP contribution in [0.25, 0.3) is 0 Å². The highest BCUT2D eigenvalue weighted by atomic mass is 19.1. The monoisotopic (exact) mass is 645 g/mol. The molecule has 1 saturated heterocycles. The molecule has 2 aromatic heterocycles. The molecule has 11 heteroatoms. The summed E-state index contributed by atoms with van der Waals surface area (Å²) in [5.74, 6) is -0.449. The molecule has 4 aromatic rings. The van der Waals surface area contributed by atoms with Crippen LogP contribution in [0.2, 0.25) is 0 Å². The highest BCUT2D eigenvalue weighted by Gasteiger charge is 2.34. The number of carbonyl (C=O) groups excluding carboxylic acids is 2. The zero-order valence-electron chi connectivity index (χ0n) is 27.1. The van der Waals surface area contributed by atoms with Crippen molar-refractivity contribution in [2.24, 2.45) is 0 Å². The minimum Gasteiger partial charge on any atom is -0.446 e. The number of likely N-dealkylation sites (tertiary alicyclic amines) is 1. The first-order valence-electron chi connectivity index (χ1n) is 15.7. The third-order valence-corrected chi connectivity index (χ3v) is 8.48. The summed E-state index contributed by atoms with van der Waals surface area (Å²) in [4.78, 5) is 39.4. The number of anilines is 1. The molecule has 0 unspecified atom stereocenters. The number of hydrogen-bond donors (Lipinski definition) is 2. The van der Waals surface area contributed by atoms with E-state index in [1.54, 1.807) is 35.4 Å². The standard InChI is InChI=1S/C36H41F2N5O4/c1-23-22-47-34(40-23)31-11-8-12-43(31)35(46)27-14-25(18-37)13-26(16-27)33(45)41-30(15-24-9-6-5-7-10-24)32(44)21-42(4)29-17-28(19-39-20-29)36(2,3)38/h5-7,9-10,13-14,16-17,19-20,22,30-32,44H,8,11-12,15,18,21H2,1-4H3,(H,41,45)/t30-,31+,32+/m0/s1. The zero-order chi connectivity index (χ0) is 33.7. The molecular formula is C36H41F2N5O4. The van der Waals surface area contributed by atoms with Gasteiger partial charge in [-0.2, -0.15) is 0 Å². The van der Waals surface area contributed by atoms with Crippen LogP contribution in [0.15, 0.2) is 77.7 Å². The van der Waals surface area contributed by atoms with Gasteiger partial charge in [0.05, 0.1) is 29.7 Å². The molecule has 1 aliphatic heterocycles. The highest BCUT2D eigenvalue weighted by molar-refractivity contribution is 6.00. The van der Waals surface area contributed by atoms with Crippen molar-refractivity contribution in [1.82, 2.24) is 20.2 Å². The SMILES string of the molecule is Cc1coc([C@H]2CCCN2C(=O)c2cc(CF)cc(C(=O)N[C@@H](Cc3ccccc3)[C@H](O)CN(C)c3cncc(C(C)(C)F)c3)c2)n1. The lowest BCUT2D eigenvalue weighted by molar-refractivity contribution is 0.0715. The molecule has 0 saturated carbocycles. The topological polar surface area (TPSA) is 112 Å². The number of rotatable bonds is 12. The van der Waals surface area contributed by atoms with E-state index in [1.807, 2.05) is 37.3 Å². The number of halogens is 2. The Kier molecular flexibility index (Phi) is 10.3. The van der Waals surface area contributed by atoms with Crippen molar-refractivity contribution in [1.29, 1.82) is 0 Å². The number of aryl methyl sites for hydroxylation is 1. The van der Waals surface area contributed by atoms with Gasteiger partial charge in [-0.3, -0.25) is 14.6 Å². The summed E-state index contributed by atoms with van der Waals surface area (Å²) >= 11 is 0. The van der Waals surface area contributed by atoms with Gasteiger partial charge >= 0.3 is 0 Å². The van der Waals surface area contributed by atoms with E-state index < -0.39 is 30.4 Å². The van der Waals surface area contributed by atoms with Crippen molar-refractivity contribution in [3.63, 3.8) is 0 Å². The van der Waals surface area contributed by atoms with Crippen LogP contribution in [-0.2, 0) is 18.8 Å². The van der Waals surface area contributed by atoms with Crippen molar-refractivity contribution in [2.45, 2.75) is 70.6 Å². The Labute approximate surface area is 273 Å². The fourth-order valence-corrected chi connectivity index (χ4v) is 5.86. The number of nitrogens with zero attached hydrogens (tertiary/aromatic N) is 4. The average molecular weight is 646 g/mol. The number of aromatic nitrogens is 2. The first kappa shape index (κ1) is 33.7. The second-order valence-corrected chi connectivity index (χ2v) is 12.7. The van der Waals surface area contributed by atoms with Crippen LogP contribution < -0.4 is 10.2 Å². The summed E-state index contributed by atoms with van der Waals surface area (Å²) in [6.07, 6.45) is 5.27. The van der Waals surface area contributed by atoms with E-state index >= 15 is 0 Å². The van der Waals surface area contributed by atoms with E-state index in [2.05, 4.69) is 15.3 Å². The van der Waals surface area contributed by atoms with Crippen LogP contribution in [0.1, 0.15) is 81.7 Å². The summed E-state index contributed by atoms with van der Waals surface area (Å²) in [5, 5.41) is 14.4. The molecule has 248 valence electrons. The Balaban J connectivity index is 1.37. The quantitative estimate of drug-likeness (QED) is 0.198. The largest absolute Gasteiger partial charge is 0.446 e. The Morgan fingerprint density at radius 1 is 1.13 bits per heavy atom. The fraction of sp³-hybridized carbons (Fsp3) is 0.389. The Morgan fingerprint density at radius 2 is 1.87 bits per heavy atom.